The number of amides is 3. The number of β-amino-alcohol motifs (C(OH)–C–C–N with tert-alkyl or cyclic N) is 1. The Hall–Kier alpha value is -2.67. The van der Waals surface area contributed by atoms with Gasteiger partial charge in [-0.2, -0.15) is 0 Å². The lowest BCUT2D eigenvalue weighted by Gasteiger charge is -2.13. The SMILES string of the molecule is NC(=O)c1ccc(NC2=CC(=O)N(CCO)C2=O)cc1. The van der Waals surface area contributed by atoms with E-state index in [9.17, 15) is 14.4 Å². The highest BCUT2D eigenvalue weighted by Crippen LogP contribution is 2.17. The van der Waals surface area contributed by atoms with Crippen molar-refractivity contribution in [2.75, 3.05) is 18.5 Å². The summed E-state index contributed by atoms with van der Waals surface area (Å²) < 4.78 is 0. The molecule has 0 atom stereocenters. The van der Waals surface area contributed by atoms with Gasteiger partial charge in [0.25, 0.3) is 11.8 Å². The Kier molecular flexibility index (Phi) is 3.81. The number of imide groups is 1. The molecule has 1 heterocycles. The lowest BCUT2D eigenvalue weighted by molar-refractivity contribution is -0.137. The zero-order chi connectivity index (χ0) is 14.7. The van der Waals surface area contributed by atoms with Crippen molar-refractivity contribution in [2.24, 2.45) is 5.73 Å². The van der Waals surface area contributed by atoms with Crippen LogP contribution in [0.1, 0.15) is 10.4 Å². The molecule has 20 heavy (non-hydrogen) atoms. The zero-order valence-electron chi connectivity index (χ0n) is 10.5. The number of anilines is 1. The second kappa shape index (κ2) is 5.54. The molecule has 0 saturated carbocycles. The molecule has 104 valence electrons. The highest BCUT2D eigenvalue weighted by atomic mass is 16.3. The van der Waals surface area contributed by atoms with Crippen LogP contribution < -0.4 is 11.1 Å². The number of carbonyl (C=O) groups is 3. The summed E-state index contributed by atoms with van der Waals surface area (Å²) in [6, 6.07) is 6.18. The maximum Gasteiger partial charge on any atom is 0.277 e. The monoisotopic (exact) mass is 275 g/mol. The van der Waals surface area contributed by atoms with Crippen LogP contribution in [0.25, 0.3) is 0 Å². The van der Waals surface area contributed by atoms with Crippen LogP contribution in [0.5, 0.6) is 0 Å². The van der Waals surface area contributed by atoms with E-state index in [1.54, 1.807) is 12.1 Å². The topological polar surface area (TPSA) is 113 Å². The van der Waals surface area contributed by atoms with Crippen molar-refractivity contribution in [3.05, 3.63) is 41.6 Å². The molecule has 0 aromatic heterocycles. The third kappa shape index (κ3) is 2.67. The second-order valence-corrected chi connectivity index (χ2v) is 4.14. The average molecular weight is 275 g/mol. The van der Waals surface area contributed by atoms with E-state index in [1.165, 1.54) is 18.2 Å². The van der Waals surface area contributed by atoms with E-state index >= 15 is 0 Å². The smallest absolute Gasteiger partial charge is 0.277 e. The molecule has 0 fully saturated rings. The number of hydrogen-bond acceptors (Lipinski definition) is 5. The van der Waals surface area contributed by atoms with Crippen LogP contribution in [-0.2, 0) is 9.59 Å². The molecule has 0 spiro atoms. The van der Waals surface area contributed by atoms with Gasteiger partial charge in [0.1, 0.15) is 5.70 Å². The third-order valence-electron chi connectivity index (χ3n) is 2.78. The van der Waals surface area contributed by atoms with Crippen LogP contribution in [-0.4, -0.2) is 40.9 Å². The third-order valence-corrected chi connectivity index (χ3v) is 2.78. The number of carbonyl (C=O) groups excluding carboxylic acids is 3. The van der Waals surface area contributed by atoms with Crippen molar-refractivity contribution in [3.63, 3.8) is 0 Å². The minimum atomic E-state index is -0.544. The summed E-state index contributed by atoms with van der Waals surface area (Å²) in [7, 11) is 0. The number of primary amides is 1. The predicted octanol–water partition coefficient (Wildman–Crippen LogP) is -0.558. The van der Waals surface area contributed by atoms with E-state index in [0.717, 1.165) is 4.90 Å². The average Bonchev–Trinajstić information content (AvgIpc) is 2.67. The van der Waals surface area contributed by atoms with Crippen molar-refractivity contribution in [1.29, 1.82) is 0 Å². The Balaban J connectivity index is 2.11. The summed E-state index contributed by atoms with van der Waals surface area (Å²) in [6.07, 6.45) is 1.17. The Bertz CT molecular complexity index is 592. The van der Waals surface area contributed by atoms with E-state index in [4.69, 9.17) is 10.8 Å². The van der Waals surface area contributed by atoms with Crippen LogP contribution in [0.3, 0.4) is 0 Å². The van der Waals surface area contributed by atoms with E-state index in [0.29, 0.717) is 11.3 Å². The zero-order valence-corrected chi connectivity index (χ0v) is 10.5. The number of rotatable bonds is 5. The highest BCUT2D eigenvalue weighted by Gasteiger charge is 2.30. The first-order valence-corrected chi connectivity index (χ1v) is 5.88. The van der Waals surface area contributed by atoms with Crippen LogP contribution in [0.2, 0.25) is 0 Å². The normalized spacial score (nSPS) is 14.4. The fraction of sp³-hybridized carbons (Fsp3) is 0.154. The van der Waals surface area contributed by atoms with Gasteiger partial charge in [0, 0.05) is 17.3 Å². The fourth-order valence-corrected chi connectivity index (χ4v) is 1.78. The first-order chi connectivity index (χ1) is 9.52. The molecule has 1 aromatic carbocycles. The van der Waals surface area contributed by atoms with Gasteiger partial charge in [-0.1, -0.05) is 0 Å². The molecule has 2 rings (SSSR count). The fourth-order valence-electron chi connectivity index (χ4n) is 1.78. The van der Waals surface area contributed by atoms with Crippen molar-refractivity contribution < 1.29 is 19.5 Å². The summed E-state index contributed by atoms with van der Waals surface area (Å²) in [5.41, 5.74) is 6.14. The quantitative estimate of drug-likeness (QED) is 0.624. The molecule has 1 aromatic rings. The Morgan fingerprint density at radius 1 is 1.25 bits per heavy atom. The number of benzene rings is 1. The van der Waals surface area contributed by atoms with Crippen LogP contribution >= 0.6 is 0 Å². The van der Waals surface area contributed by atoms with Crippen LogP contribution in [0, 0.1) is 0 Å². The minimum absolute atomic E-state index is 0.0417. The number of nitrogens with zero attached hydrogens (tertiary/aromatic N) is 1. The number of nitrogens with one attached hydrogen (secondary N) is 1. The molecule has 4 N–H and O–H groups in total. The van der Waals surface area contributed by atoms with E-state index in [2.05, 4.69) is 5.32 Å². The van der Waals surface area contributed by atoms with Gasteiger partial charge < -0.3 is 16.2 Å². The van der Waals surface area contributed by atoms with Crippen molar-refractivity contribution in [3.8, 4) is 0 Å². The summed E-state index contributed by atoms with van der Waals surface area (Å²) >= 11 is 0. The molecule has 1 aliphatic rings. The van der Waals surface area contributed by atoms with Gasteiger partial charge in [-0.05, 0) is 24.3 Å². The molecular weight excluding hydrogens is 262 g/mol. The lowest BCUT2D eigenvalue weighted by Crippen LogP contribution is -2.34. The van der Waals surface area contributed by atoms with E-state index in [-0.39, 0.29) is 18.8 Å². The number of nitrogens with two attached hydrogens (primary N) is 1. The first-order valence-electron chi connectivity index (χ1n) is 5.88. The van der Waals surface area contributed by atoms with Crippen molar-refractivity contribution in [1.82, 2.24) is 4.90 Å². The van der Waals surface area contributed by atoms with Gasteiger partial charge in [0.2, 0.25) is 5.91 Å². The van der Waals surface area contributed by atoms with Gasteiger partial charge >= 0.3 is 0 Å². The highest BCUT2D eigenvalue weighted by molar-refractivity contribution is 6.17. The molecule has 1 aliphatic heterocycles. The summed E-state index contributed by atoms with van der Waals surface area (Å²) in [5.74, 6) is -1.51. The van der Waals surface area contributed by atoms with E-state index in [1.807, 2.05) is 0 Å². The van der Waals surface area contributed by atoms with Gasteiger partial charge in [-0.15, -0.1) is 0 Å². The van der Waals surface area contributed by atoms with Gasteiger partial charge in [0.15, 0.2) is 0 Å². The largest absolute Gasteiger partial charge is 0.395 e. The molecular formula is C13H13N3O4. The van der Waals surface area contributed by atoms with Gasteiger partial charge in [-0.25, -0.2) is 0 Å². The van der Waals surface area contributed by atoms with Gasteiger partial charge in [-0.3, -0.25) is 19.3 Å². The molecule has 3 amide bonds. The minimum Gasteiger partial charge on any atom is -0.395 e. The molecule has 0 bridgehead atoms. The Labute approximate surface area is 114 Å². The first kappa shape index (κ1) is 13.8. The molecule has 0 unspecified atom stereocenters. The predicted molar refractivity (Wildman–Crippen MR) is 70.5 cm³/mol. The Morgan fingerprint density at radius 3 is 2.45 bits per heavy atom. The molecule has 7 heteroatoms. The lowest BCUT2D eigenvalue weighted by atomic mass is 10.2. The van der Waals surface area contributed by atoms with Gasteiger partial charge in [0.05, 0.1) is 13.2 Å². The van der Waals surface area contributed by atoms with Crippen LogP contribution in [0.4, 0.5) is 5.69 Å². The summed E-state index contributed by atoms with van der Waals surface area (Å²) in [6.45, 7) is -0.328. The summed E-state index contributed by atoms with van der Waals surface area (Å²) in [5, 5.41) is 11.6. The second-order valence-electron chi connectivity index (χ2n) is 4.14. The molecule has 0 radical (unpaired) electrons. The van der Waals surface area contributed by atoms with Crippen LogP contribution in [0.15, 0.2) is 36.0 Å². The number of hydrogen-bond donors (Lipinski definition) is 3. The molecule has 0 aliphatic carbocycles. The van der Waals surface area contributed by atoms with Crippen molar-refractivity contribution >= 4 is 23.4 Å². The summed E-state index contributed by atoms with van der Waals surface area (Å²) in [4.78, 5) is 35.3. The molecule has 0 saturated heterocycles. The number of aliphatic hydroxyl groups excluding tert-OH is 1. The Morgan fingerprint density at radius 2 is 1.90 bits per heavy atom. The standard InChI is InChI=1S/C13H13N3O4/c14-12(19)8-1-3-9(4-2-8)15-10-7-11(18)16(5-6-17)13(10)20/h1-4,7,15,17H,5-6H2,(H2,14,19). The maximum absolute atomic E-state index is 11.9. The van der Waals surface area contributed by atoms with Crippen molar-refractivity contribution in [2.45, 2.75) is 0 Å². The maximum atomic E-state index is 11.9. The number of aliphatic hydroxyl groups is 1. The molecule has 7 nitrogen and oxygen atoms in total. The van der Waals surface area contributed by atoms with E-state index < -0.39 is 17.7 Å².